The van der Waals surface area contributed by atoms with E-state index in [1.54, 1.807) is 61.6 Å². The zero-order valence-electron chi connectivity index (χ0n) is 22.7. The van der Waals surface area contributed by atoms with Crippen LogP contribution < -0.4 is 19.3 Å². The Morgan fingerprint density at radius 2 is 1.26 bits per heavy atom. The van der Waals surface area contributed by atoms with Crippen LogP contribution in [0.25, 0.3) is 0 Å². The van der Waals surface area contributed by atoms with Gasteiger partial charge in [0, 0.05) is 27.0 Å². The molecule has 6 rings (SSSR count). The standard InChI is InChI=1S/C16H14ClNO3.C14H9ClN2O5/c1-20-14-7-10-9-18(12-5-3-11(17)4-6-12)16(19)13(10)8-15(14)21-2;15-7-1-3-8(4-2-7)16-6-10-9(14(16)20)5-11(18)13(19)12(10)17(21)22/h3-8H,9H2,1-2H3;1-5,18-19H,6H2. The van der Waals surface area contributed by atoms with E-state index in [4.69, 9.17) is 32.7 Å². The highest BCUT2D eigenvalue weighted by molar-refractivity contribution is 6.31. The van der Waals surface area contributed by atoms with Crippen LogP contribution in [-0.4, -0.2) is 41.2 Å². The van der Waals surface area contributed by atoms with Gasteiger partial charge in [-0.05, 0) is 72.3 Å². The third-order valence-corrected chi connectivity index (χ3v) is 7.53. The predicted molar refractivity (Wildman–Crippen MR) is 160 cm³/mol. The van der Waals surface area contributed by atoms with Gasteiger partial charge >= 0.3 is 5.69 Å². The van der Waals surface area contributed by atoms with E-state index < -0.39 is 28.0 Å². The first kappa shape index (κ1) is 29.5. The number of hydrogen-bond acceptors (Lipinski definition) is 8. The summed E-state index contributed by atoms with van der Waals surface area (Å²) in [6.07, 6.45) is 0. The molecule has 2 N–H and O–H groups in total. The zero-order valence-corrected chi connectivity index (χ0v) is 24.2. The molecular formula is C30H23Cl2N3O8. The number of nitro benzene ring substituents is 1. The zero-order chi connectivity index (χ0) is 31.0. The smallest absolute Gasteiger partial charge is 0.320 e. The van der Waals surface area contributed by atoms with Gasteiger partial charge < -0.3 is 29.5 Å². The minimum Gasteiger partial charge on any atom is -0.504 e. The summed E-state index contributed by atoms with van der Waals surface area (Å²) in [5, 5.41) is 31.5. The van der Waals surface area contributed by atoms with Crippen LogP contribution in [0.5, 0.6) is 23.0 Å². The quantitative estimate of drug-likeness (QED) is 0.149. The summed E-state index contributed by atoms with van der Waals surface area (Å²) in [6.45, 7) is 0.441. The molecule has 43 heavy (non-hydrogen) atoms. The minimum absolute atomic E-state index is 0.00282. The van der Waals surface area contributed by atoms with Crippen LogP contribution in [-0.2, 0) is 13.1 Å². The first-order chi connectivity index (χ1) is 20.5. The van der Waals surface area contributed by atoms with Crippen molar-refractivity contribution in [3.63, 3.8) is 0 Å². The highest BCUT2D eigenvalue weighted by Crippen LogP contribution is 2.44. The summed E-state index contributed by atoms with van der Waals surface area (Å²) in [6, 6.07) is 18.2. The van der Waals surface area contributed by atoms with Crippen molar-refractivity contribution in [2.75, 3.05) is 24.0 Å². The van der Waals surface area contributed by atoms with Crippen LogP contribution >= 0.6 is 23.2 Å². The van der Waals surface area contributed by atoms with Crippen molar-refractivity contribution in [1.82, 2.24) is 0 Å². The van der Waals surface area contributed by atoms with E-state index in [2.05, 4.69) is 0 Å². The molecule has 2 heterocycles. The molecule has 11 nitrogen and oxygen atoms in total. The van der Waals surface area contributed by atoms with Crippen LogP contribution in [0.1, 0.15) is 31.8 Å². The van der Waals surface area contributed by atoms with E-state index in [-0.39, 0.29) is 23.6 Å². The molecule has 220 valence electrons. The molecule has 4 aromatic rings. The second-order valence-corrected chi connectivity index (χ2v) is 10.3. The van der Waals surface area contributed by atoms with Crippen molar-refractivity contribution in [3.05, 3.63) is 109 Å². The van der Waals surface area contributed by atoms with Crippen LogP contribution in [0.2, 0.25) is 10.0 Å². The molecule has 0 radical (unpaired) electrons. The second kappa shape index (κ2) is 11.7. The van der Waals surface area contributed by atoms with Crippen LogP contribution in [0.3, 0.4) is 0 Å². The number of nitrogens with zero attached hydrogens (tertiary/aromatic N) is 3. The van der Waals surface area contributed by atoms with Crippen LogP contribution in [0.4, 0.5) is 17.1 Å². The highest BCUT2D eigenvalue weighted by Gasteiger charge is 2.38. The third kappa shape index (κ3) is 5.47. The third-order valence-electron chi connectivity index (χ3n) is 7.02. The Labute approximate surface area is 255 Å². The Morgan fingerprint density at radius 1 is 0.767 bits per heavy atom. The first-order valence-corrected chi connectivity index (χ1v) is 13.4. The molecule has 4 aromatic carbocycles. The van der Waals surface area contributed by atoms with Crippen molar-refractivity contribution in [1.29, 1.82) is 0 Å². The van der Waals surface area contributed by atoms with Crippen molar-refractivity contribution >= 4 is 52.1 Å². The summed E-state index contributed by atoms with van der Waals surface area (Å²) < 4.78 is 10.5. The molecule has 0 saturated carbocycles. The fourth-order valence-electron chi connectivity index (χ4n) is 4.90. The first-order valence-electron chi connectivity index (χ1n) is 12.7. The topological polar surface area (TPSA) is 143 Å². The number of carbonyl (C=O) groups is 2. The van der Waals surface area contributed by atoms with E-state index >= 15 is 0 Å². The Bertz CT molecular complexity index is 1760. The van der Waals surface area contributed by atoms with Gasteiger partial charge in [-0.2, -0.15) is 0 Å². The molecule has 2 aliphatic heterocycles. The fraction of sp³-hybridized carbons (Fsp3) is 0.133. The molecule has 0 unspecified atom stereocenters. The van der Waals surface area contributed by atoms with E-state index in [9.17, 15) is 29.9 Å². The lowest BCUT2D eigenvalue weighted by Gasteiger charge is -2.15. The number of halogens is 2. The lowest BCUT2D eigenvalue weighted by Crippen LogP contribution is -2.22. The van der Waals surface area contributed by atoms with Crippen molar-refractivity contribution in [3.8, 4) is 23.0 Å². The molecule has 0 bridgehead atoms. The average Bonchev–Trinajstić information content (AvgIpc) is 3.49. The number of benzene rings is 4. The lowest BCUT2D eigenvalue weighted by molar-refractivity contribution is -0.386. The molecule has 0 fully saturated rings. The Morgan fingerprint density at radius 3 is 1.77 bits per heavy atom. The molecule has 0 aromatic heterocycles. The number of anilines is 2. The normalized spacial score (nSPS) is 13.3. The summed E-state index contributed by atoms with van der Waals surface area (Å²) in [5.74, 6) is -0.889. The van der Waals surface area contributed by atoms with Crippen molar-refractivity contribution in [2.45, 2.75) is 13.1 Å². The molecule has 13 heteroatoms. The monoisotopic (exact) mass is 623 g/mol. The SMILES string of the molecule is COc1cc2c(cc1OC)C(=O)N(c1ccc(Cl)cc1)C2.O=C1c2cc(O)c(O)c([N+](=O)[O-])c2CN1c1ccc(Cl)cc1. The van der Waals surface area contributed by atoms with E-state index in [1.165, 1.54) is 4.90 Å². The van der Waals surface area contributed by atoms with E-state index in [0.717, 1.165) is 17.3 Å². The van der Waals surface area contributed by atoms with Gasteiger partial charge in [-0.25, -0.2) is 0 Å². The molecule has 0 saturated heterocycles. The van der Waals surface area contributed by atoms with E-state index in [1.807, 2.05) is 18.2 Å². The molecular weight excluding hydrogens is 601 g/mol. The summed E-state index contributed by atoms with van der Waals surface area (Å²) >= 11 is 11.7. The number of nitro groups is 1. The molecule has 2 amide bonds. The number of fused-ring (bicyclic) bond motifs is 2. The largest absolute Gasteiger partial charge is 0.504 e. The maximum Gasteiger partial charge on any atom is 0.320 e. The summed E-state index contributed by atoms with van der Waals surface area (Å²) in [5.41, 5.74) is 2.31. The second-order valence-electron chi connectivity index (χ2n) is 9.48. The van der Waals surface area contributed by atoms with Crippen LogP contribution in [0.15, 0.2) is 66.7 Å². The Balaban J connectivity index is 0.000000171. The summed E-state index contributed by atoms with van der Waals surface area (Å²) in [7, 11) is 3.14. The van der Waals surface area contributed by atoms with Gasteiger partial charge in [0.25, 0.3) is 11.8 Å². The average molecular weight is 624 g/mol. The molecule has 2 aliphatic rings. The number of phenolic OH excluding ortho intramolecular Hbond substituents is 2. The van der Waals surface area contributed by atoms with Gasteiger partial charge in [0.15, 0.2) is 17.2 Å². The number of hydrogen-bond donors (Lipinski definition) is 2. The highest BCUT2D eigenvalue weighted by atomic mass is 35.5. The maximum absolute atomic E-state index is 12.5. The lowest BCUT2D eigenvalue weighted by atomic mass is 10.1. The number of amides is 2. The Hall–Kier alpha value is -5.00. The minimum atomic E-state index is -0.838. The molecule has 0 aliphatic carbocycles. The van der Waals surface area contributed by atoms with Gasteiger partial charge in [-0.1, -0.05) is 23.2 Å². The number of phenols is 2. The number of methoxy groups -OCH3 is 2. The van der Waals surface area contributed by atoms with Crippen molar-refractivity contribution in [2.24, 2.45) is 0 Å². The van der Waals surface area contributed by atoms with Gasteiger partial charge in [-0.3, -0.25) is 19.7 Å². The van der Waals surface area contributed by atoms with Gasteiger partial charge in [0.2, 0.25) is 5.75 Å². The fourth-order valence-corrected chi connectivity index (χ4v) is 5.16. The van der Waals surface area contributed by atoms with Crippen molar-refractivity contribution < 1.29 is 34.2 Å². The van der Waals surface area contributed by atoms with Gasteiger partial charge in [0.05, 0.1) is 43.4 Å². The van der Waals surface area contributed by atoms with Gasteiger partial charge in [-0.15, -0.1) is 0 Å². The molecule has 0 atom stereocenters. The van der Waals surface area contributed by atoms with E-state index in [0.29, 0.717) is 39.3 Å². The maximum atomic E-state index is 12.5. The van der Waals surface area contributed by atoms with Gasteiger partial charge in [0.1, 0.15) is 0 Å². The molecule has 0 spiro atoms. The van der Waals surface area contributed by atoms with Crippen LogP contribution in [0, 0.1) is 10.1 Å². The predicted octanol–water partition coefficient (Wildman–Crippen LogP) is 6.34. The summed E-state index contributed by atoms with van der Waals surface area (Å²) in [4.78, 5) is 38.3. The number of rotatable bonds is 5. The number of carbonyl (C=O) groups excluding carboxylic acids is 2. The number of ether oxygens (including phenoxy) is 2. The number of aromatic hydroxyl groups is 2. The Kier molecular flexibility index (Phi) is 8.03.